The molecule has 0 atom stereocenters. The normalized spacial score (nSPS) is 19.7. The molecular weight excluding hydrogens is 364 g/mol. The highest BCUT2D eigenvalue weighted by Gasteiger charge is 2.45. The summed E-state index contributed by atoms with van der Waals surface area (Å²) >= 11 is 0. The third-order valence-electron chi connectivity index (χ3n) is 4.62. The molecule has 2 aromatic carbocycles. The Labute approximate surface area is 175 Å². The smallest absolute Gasteiger partial charge is 0.330 e. The van der Waals surface area contributed by atoms with E-state index < -0.39 is 0 Å². The molecule has 1 saturated carbocycles. The molecule has 2 aromatic rings. The molecule has 0 aliphatic heterocycles. The van der Waals surface area contributed by atoms with Crippen LogP contribution < -0.4 is 4.74 Å². The van der Waals surface area contributed by atoms with Gasteiger partial charge in [0, 0.05) is 13.2 Å². The van der Waals surface area contributed by atoms with Crippen LogP contribution in [0.5, 0.6) is 11.5 Å². The summed E-state index contributed by atoms with van der Waals surface area (Å²) in [5, 5.41) is 0. The minimum atomic E-state index is -0.332. The van der Waals surface area contributed by atoms with Gasteiger partial charge < -0.3 is 14.2 Å². The standard InChI is InChI=1S/C21H22O4.2C2H6/c1-23-20(22)12-11-16-14-21(15-16,24-2)17-7-6-10-19(13-17)25-18-8-4-3-5-9-18;2*1-2/h3-13,16H,14-15H2,1-2H3;2*1-2H3/b12-11+;;. The molecule has 1 aliphatic rings. The summed E-state index contributed by atoms with van der Waals surface area (Å²) in [5.41, 5.74) is 0.757. The molecule has 0 saturated heterocycles. The van der Waals surface area contributed by atoms with Crippen LogP contribution in [0.25, 0.3) is 0 Å². The van der Waals surface area contributed by atoms with Crippen LogP contribution in [-0.4, -0.2) is 20.2 Å². The molecule has 0 spiro atoms. The number of hydrogen-bond donors (Lipinski definition) is 0. The Hall–Kier alpha value is -2.59. The van der Waals surface area contributed by atoms with Crippen molar-refractivity contribution in [1.29, 1.82) is 0 Å². The number of para-hydroxylation sites is 1. The first-order chi connectivity index (χ1) is 14.1. The van der Waals surface area contributed by atoms with Gasteiger partial charge in [-0.05, 0) is 48.6 Å². The number of rotatable bonds is 6. The monoisotopic (exact) mass is 398 g/mol. The van der Waals surface area contributed by atoms with Gasteiger partial charge in [0.25, 0.3) is 0 Å². The third kappa shape index (κ3) is 6.75. The maximum atomic E-state index is 11.2. The Morgan fingerprint density at radius 1 is 0.931 bits per heavy atom. The number of carbonyl (C=O) groups excluding carboxylic acids is 1. The van der Waals surface area contributed by atoms with Crippen molar-refractivity contribution < 1.29 is 19.0 Å². The average Bonchev–Trinajstić information content (AvgIpc) is 2.76. The van der Waals surface area contributed by atoms with Crippen molar-refractivity contribution >= 4 is 5.97 Å². The molecule has 0 unspecified atom stereocenters. The number of carbonyl (C=O) groups is 1. The maximum absolute atomic E-state index is 11.2. The fourth-order valence-electron chi connectivity index (χ4n) is 3.19. The van der Waals surface area contributed by atoms with Crippen LogP contribution in [-0.2, 0) is 19.9 Å². The van der Waals surface area contributed by atoms with Gasteiger partial charge in [0.2, 0.25) is 0 Å². The molecule has 0 heterocycles. The Bertz CT molecular complexity index is 746. The molecule has 0 bridgehead atoms. The molecule has 158 valence electrons. The van der Waals surface area contributed by atoms with Crippen molar-refractivity contribution in [3.05, 3.63) is 72.3 Å². The second-order valence-electron chi connectivity index (χ2n) is 6.19. The van der Waals surface area contributed by atoms with E-state index in [2.05, 4.69) is 10.8 Å². The van der Waals surface area contributed by atoms with Crippen molar-refractivity contribution in [2.75, 3.05) is 14.2 Å². The van der Waals surface area contributed by atoms with E-state index >= 15 is 0 Å². The van der Waals surface area contributed by atoms with Crippen LogP contribution in [0.15, 0.2) is 66.7 Å². The molecule has 1 aliphatic carbocycles. The lowest BCUT2D eigenvalue weighted by molar-refractivity contribution is -0.135. The largest absolute Gasteiger partial charge is 0.466 e. The molecule has 4 nitrogen and oxygen atoms in total. The van der Waals surface area contributed by atoms with E-state index in [0.717, 1.165) is 29.9 Å². The molecule has 3 rings (SSSR count). The Kier molecular flexibility index (Phi) is 10.8. The molecule has 1 fully saturated rings. The minimum Gasteiger partial charge on any atom is -0.466 e. The molecule has 0 radical (unpaired) electrons. The van der Waals surface area contributed by atoms with Crippen molar-refractivity contribution in [2.24, 2.45) is 5.92 Å². The van der Waals surface area contributed by atoms with Gasteiger partial charge in [0.05, 0.1) is 12.7 Å². The van der Waals surface area contributed by atoms with Gasteiger partial charge in [-0.15, -0.1) is 0 Å². The number of allylic oxidation sites excluding steroid dienone is 1. The molecule has 0 aromatic heterocycles. The summed E-state index contributed by atoms with van der Waals surface area (Å²) in [6.45, 7) is 8.00. The first kappa shape index (κ1) is 24.4. The highest BCUT2D eigenvalue weighted by molar-refractivity contribution is 5.81. The van der Waals surface area contributed by atoms with Crippen LogP contribution in [0.1, 0.15) is 46.1 Å². The van der Waals surface area contributed by atoms with Gasteiger partial charge in [0.15, 0.2) is 0 Å². The lowest BCUT2D eigenvalue weighted by atomic mass is 9.67. The van der Waals surface area contributed by atoms with Gasteiger partial charge in [0.1, 0.15) is 11.5 Å². The van der Waals surface area contributed by atoms with E-state index in [-0.39, 0.29) is 11.6 Å². The van der Waals surface area contributed by atoms with Gasteiger partial charge in [-0.3, -0.25) is 0 Å². The van der Waals surface area contributed by atoms with Gasteiger partial charge >= 0.3 is 5.97 Å². The Morgan fingerprint density at radius 2 is 1.55 bits per heavy atom. The number of benzene rings is 2. The van der Waals surface area contributed by atoms with Gasteiger partial charge in [-0.2, -0.15) is 0 Å². The van der Waals surface area contributed by atoms with E-state index in [0.29, 0.717) is 5.92 Å². The number of methoxy groups -OCH3 is 2. The molecule has 0 N–H and O–H groups in total. The first-order valence-corrected chi connectivity index (χ1v) is 10.3. The van der Waals surface area contributed by atoms with Crippen LogP contribution >= 0.6 is 0 Å². The second kappa shape index (κ2) is 12.8. The highest BCUT2D eigenvalue weighted by atomic mass is 16.5. The second-order valence-corrected chi connectivity index (χ2v) is 6.19. The zero-order valence-corrected chi connectivity index (χ0v) is 18.5. The zero-order valence-electron chi connectivity index (χ0n) is 18.5. The van der Waals surface area contributed by atoms with Crippen LogP contribution in [0.3, 0.4) is 0 Å². The molecular formula is C25H34O4. The summed E-state index contributed by atoms with van der Waals surface area (Å²) in [4.78, 5) is 11.2. The number of ether oxygens (including phenoxy) is 3. The fourth-order valence-corrected chi connectivity index (χ4v) is 3.19. The summed E-state index contributed by atoms with van der Waals surface area (Å²) in [7, 11) is 3.11. The van der Waals surface area contributed by atoms with Crippen LogP contribution in [0.4, 0.5) is 0 Å². The zero-order chi connectivity index (χ0) is 21.7. The average molecular weight is 399 g/mol. The topological polar surface area (TPSA) is 44.8 Å². The fraction of sp³-hybridized carbons (Fsp3) is 0.400. The lowest BCUT2D eigenvalue weighted by Gasteiger charge is -2.46. The first-order valence-electron chi connectivity index (χ1n) is 10.3. The summed E-state index contributed by atoms with van der Waals surface area (Å²) in [6.07, 6.45) is 5.03. The Balaban J connectivity index is 0.000000989. The third-order valence-corrected chi connectivity index (χ3v) is 4.62. The number of hydrogen-bond acceptors (Lipinski definition) is 4. The van der Waals surface area contributed by atoms with Gasteiger partial charge in [-0.25, -0.2) is 4.79 Å². The van der Waals surface area contributed by atoms with E-state index in [1.165, 1.54) is 13.2 Å². The minimum absolute atomic E-state index is 0.303. The van der Waals surface area contributed by atoms with Crippen molar-refractivity contribution in [2.45, 2.75) is 46.1 Å². The predicted molar refractivity (Wildman–Crippen MR) is 118 cm³/mol. The predicted octanol–water partition coefficient (Wildman–Crippen LogP) is 6.51. The van der Waals surface area contributed by atoms with E-state index in [4.69, 9.17) is 9.47 Å². The van der Waals surface area contributed by atoms with E-state index in [9.17, 15) is 4.79 Å². The highest BCUT2D eigenvalue weighted by Crippen LogP contribution is 2.49. The Morgan fingerprint density at radius 3 is 2.14 bits per heavy atom. The molecule has 29 heavy (non-hydrogen) atoms. The summed E-state index contributed by atoms with van der Waals surface area (Å²) < 4.78 is 16.4. The van der Waals surface area contributed by atoms with Crippen LogP contribution in [0.2, 0.25) is 0 Å². The summed E-state index contributed by atoms with van der Waals surface area (Å²) in [6, 6.07) is 17.7. The molecule has 0 amide bonds. The summed E-state index contributed by atoms with van der Waals surface area (Å²) in [5.74, 6) is 1.57. The lowest BCUT2D eigenvalue weighted by Crippen LogP contribution is -2.42. The van der Waals surface area contributed by atoms with Gasteiger partial charge in [-0.1, -0.05) is 64.1 Å². The van der Waals surface area contributed by atoms with E-state index in [1.54, 1.807) is 7.11 Å². The van der Waals surface area contributed by atoms with Crippen molar-refractivity contribution in [3.63, 3.8) is 0 Å². The number of esters is 1. The van der Waals surface area contributed by atoms with Crippen LogP contribution in [0, 0.1) is 5.92 Å². The molecule has 4 heteroatoms. The quantitative estimate of drug-likeness (QED) is 0.411. The van der Waals surface area contributed by atoms with Crippen molar-refractivity contribution in [3.8, 4) is 11.5 Å². The maximum Gasteiger partial charge on any atom is 0.330 e. The van der Waals surface area contributed by atoms with Crippen molar-refractivity contribution in [1.82, 2.24) is 0 Å². The van der Waals surface area contributed by atoms with E-state index in [1.807, 2.05) is 82.3 Å². The SMILES string of the molecule is CC.CC.COC(=O)/C=C/C1CC(OC)(c2cccc(Oc3ccccc3)c2)C1.